The van der Waals surface area contributed by atoms with E-state index in [0.29, 0.717) is 22.3 Å². The van der Waals surface area contributed by atoms with Gasteiger partial charge in [0.2, 0.25) is 5.91 Å². The summed E-state index contributed by atoms with van der Waals surface area (Å²) in [6.45, 7) is 10.6. The van der Waals surface area contributed by atoms with E-state index in [1.807, 2.05) is 4.57 Å². The van der Waals surface area contributed by atoms with Crippen LogP contribution in [-0.4, -0.2) is 39.5 Å². The minimum Gasteiger partial charge on any atom is -0.372 e. The van der Waals surface area contributed by atoms with E-state index in [1.54, 1.807) is 17.4 Å². The van der Waals surface area contributed by atoms with Gasteiger partial charge in [-0.15, -0.1) is 28.1 Å². The number of allylic oxidation sites excluding steroid dienone is 1. The number of carbonyl (C=O) groups is 1. The second kappa shape index (κ2) is 12.2. The van der Waals surface area contributed by atoms with Crippen LogP contribution in [0.25, 0.3) is 11.4 Å². The number of rotatable bonds is 10. The molecule has 0 saturated carbocycles. The van der Waals surface area contributed by atoms with E-state index < -0.39 is 0 Å². The highest BCUT2D eigenvalue weighted by Gasteiger charge is 2.22. The van der Waals surface area contributed by atoms with Crippen LogP contribution in [0, 0.1) is 11.3 Å². The number of hydrogen-bond acceptors (Lipinski definition) is 7. The van der Waals surface area contributed by atoms with Gasteiger partial charge >= 0.3 is 0 Å². The molecule has 3 aromatic rings. The van der Waals surface area contributed by atoms with E-state index in [0.717, 1.165) is 55.7 Å². The largest absolute Gasteiger partial charge is 0.372 e. The molecule has 0 unspecified atom stereocenters. The zero-order chi connectivity index (χ0) is 25.5. The second-order valence-electron chi connectivity index (χ2n) is 8.64. The Morgan fingerprint density at radius 2 is 1.97 bits per heavy atom. The third-order valence-electron chi connectivity index (χ3n) is 6.40. The van der Waals surface area contributed by atoms with Gasteiger partial charge in [0.25, 0.3) is 0 Å². The first kappa shape index (κ1) is 26.0. The van der Waals surface area contributed by atoms with Crippen LogP contribution in [0.15, 0.2) is 42.1 Å². The summed E-state index contributed by atoms with van der Waals surface area (Å²) in [7, 11) is 0. The lowest BCUT2D eigenvalue weighted by Crippen LogP contribution is -2.21. The molecule has 1 aliphatic carbocycles. The molecule has 1 N–H and O–H groups in total. The minimum atomic E-state index is -0.147. The summed E-state index contributed by atoms with van der Waals surface area (Å²) in [4.78, 5) is 16.4. The lowest BCUT2D eigenvalue weighted by Gasteiger charge is -2.21. The Kier molecular flexibility index (Phi) is 8.83. The Morgan fingerprint density at radius 3 is 2.67 bits per heavy atom. The summed E-state index contributed by atoms with van der Waals surface area (Å²) in [5.41, 5.74) is 3.91. The van der Waals surface area contributed by atoms with Gasteiger partial charge in [-0.1, -0.05) is 24.3 Å². The SMILES string of the molecule is C=CCn1c(SCC(=O)Nc2sc3c(c2C#N)CCCCC3)nnc1-c1ccc(N(CC)CC)cc1. The first-order valence-electron chi connectivity index (χ1n) is 12.5. The normalized spacial score (nSPS) is 12.9. The van der Waals surface area contributed by atoms with Gasteiger partial charge in [0.1, 0.15) is 11.1 Å². The molecule has 0 spiro atoms. The van der Waals surface area contributed by atoms with Crippen molar-refractivity contribution in [1.82, 2.24) is 14.8 Å². The van der Waals surface area contributed by atoms with Crippen molar-refractivity contribution in [2.75, 3.05) is 29.1 Å². The van der Waals surface area contributed by atoms with Crippen molar-refractivity contribution in [3.8, 4) is 17.5 Å². The monoisotopic (exact) mass is 520 g/mol. The summed E-state index contributed by atoms with van der Waals surface area (Å²) in [6, 6.07) is 10.6. The lowest BCUT2D eigenvalue weighted by atomic mass is 10.1. The molecule has 4 rings (SSSR count). The van der Waals surface area contributed by atoms with Gasteiger partial charge in [0, 0.05) is 35.8 Å². The van der Waals surface area contributed by atoms with Crippen molar-refractivity contribution >= 4 is 39.7 Å². The Balaban J connectivity index is 1.46. The fraction of sp³-hybridized carbons (Fsp3) is 0.407. The molecule has 0 bridgehead atoms. The van der Waals surface area contributed by atoms with E-state index in [9.17, 15) is 10.1 Å². The van der Waals surface area contributed by atoms with E-state index in [2.05, 4.69) is 71.2 Å². The number of amides is 1. The van der Waals surface area contributed by atoms with Crippen molar-refractivity contribution < 1.29 is 4.79 Å². The number of aryl methyl sites for hydroxylation is 1. The fourth-order valence-corrected chi connectivity index (χ4v) is 6.56. The molecule has 9 heteroatoms. The molecule has 2 aromatic heterocycles. The molecule has 0 fully saturated rings. The predicted octanol–water partition coefficient (Wildman–Crippen LogP) is 5.91. The highest BCUT2D eigenvalue weighted by molar-refractivity contribution is 7.99. The van der Waals surface area contributed by atoms with Crippen LogP contribution in [0.5, 0.6) is 0 Å². The van der Waals surface area contributed by atoms with E-state index >= 15 is 0 Å². The Morgan fingerprint density at radius 1 is 1.22 bits per heavy atom. The average molecular weight is 521 g/mol. The van der Waals surface area contributed by atoms with Crippen molar-refractivity contribution in [1.29, 1.82) is 5.26 Å². The third-order valence-corrected chi connectivity index (χ3v) is 8.58. The number of aromatic nitrogens is 3. The van der Waals surface area contributed by atoms with E-state index in [4.69, 9.17) is 0 Å². The van der Waals surface area contributed by atoms with Gasteiger partial charge in [0.05, 0.1) is 11.3 Å². The molecule has 0 atom stereocenters. The van der Waals surface area contributed by atoms with E-state index in [1.165, 1.54) is 28.7 Å². The van der Waals surface area contributed by atoms with Crippen LogP contribution < -0.4 is 10.2 Å². The number of benzene rings is 1. The molecule has 0 radical (unpaired) electrons. The maximum Gasteiger partial charge on any atom is 0.235 e. The maximum absolute atomic E-state index is 12.8. The minimum absolute atomic E-state index is 0.147. The molecule has 7 nitrogen and oxygen atoms in total. The zero-order valence-corrected chi connectivity index (χ0v) is 22.6. The molecular weight excluding hydrogens is 488 g/mol. The summed E-state index contributed by atoms with van der Waals surface area (Å²) in [6.07, 6.45) is 7.14. The number of anilines is 2. The van der Waals surface area contributed by atoms with Crippen LogP contribution >= 0.6 is 23.1 Å². The molecule has 0 saturated heterocycles. The van der Waals surface area contributed by atoms with Crippen LogP contribution in [0.2, 0.25) is 0 Å². The van der Waals surface area contributed by atoms with Gasteiger partial charge in [-0.25, -0.2) is 0 Å². The quantitative estimate of drug-likeness (QED) is 0.203. The van der Waals surface area contributed by atoms with Crippen LogP contribution in [0.1, 0.15) is 49.1 Å². The van der Waals surface area contributed by atoms with Crippen molar-refractivity contribution in [2.45, 2.75) is 57.7 Å². The van der Waals surface area contributed by atoms with Gasteiger partial charge < -0.3 is 10.2 Å². The summed E-state index contributed by atoms with van der Waals surface area (Å²) in [5.74, 6) is 0.785. The fourth-order valence-electron chi connectivity index (χ4n) is 4.55. The molecule has 188 valence electrons. The summed E-state index contributed by atoms with van der Waals surface area (Å²) < 4.78 is 1.98. The molecule has 2 heterocycles. The topological polar surface area (TPSA) is 86.8 Å². The molecule has 1 aliphatic rings. The van der Waals surface area contributed by atoms with Gasteiger partial charge in [-0.3, -0.25) is 9.36 Å². The zero-order valence-electron chi connectivity index (χ0n) is 20.9. The predicted molar refractivity (Wildman–Crippen MR) is 149 cm³/mol. The summed E-state index contributed by atoms with van der Waals surface area (Å²) in [5, 5.41) is 22.8. The molecule has 1 amide bonds. The van der Waals surface area contributed by atoms with Crippen molar-refractivity contribution in [2.24, 2.45) is 0 Å². The number of nitriles is 1. The first-order valence-corrected chi connectivity index (χ1v) is 14.3. The highest BCUT2D eigenvalue weighted by Crippen LogP contribution is 2.37. The van der Waals surface area contributed by atoms with Gasteiger partial charge in [0.15, 0.2) is 11.0 Å². The molecule has 0 aliphatic heterocycles. The standard InChI is InChI=1S/C27H32N6OS2/c1-4-16-33-25(19-12-14-20(15-13-19)32(5-2)6-3)30-31-27(33)35-18-24(34)29-26-22(17-28)21-10-8-7-9-11-23(21)36-26/h4,12-15H,1,5-11,16,18H2,2-3H3,(H,29,34). The number of nitrogens with one attached hydrogen (secondary N) is 1. The highest BCUT2D eigenvalue weighted by atomic mass is 32.2. The molecular formula is C27H32N6OS2. The maximum atomic E-state index is 12.8. The number of carbonyl (C=O) groups excluding carboxylic acids is 1. The molecule has 1 aromatic carbocycles. The Labute approximate surface area is 221 Å². The van der Waals surface area contributed by atoms with Gasteiger partial charge in [-0.2, -0.15) is 5.26 Å². The van der Waals surface area contributed by atoms with Crippen LogP contribution in [-0.2, 0) is 24.2 Å². The smallest absolute Gasteiger partial charge is 0.235 e. The van der Waals surface area contributed by atoms with Crippen LogP contribution in [0.3, 0.4) is 0 Å². The number of nitrogens with zero attached hydrogens (tertiary/aromatic N) is 5. The van der Waals surface area contributed by atoms with Gasteiger partial charge in [-0.05, 0) is 69.4 Å². The lowest BCUT2D eigenvalue weighted by molar-refractivity contribution is -0.113. The third kappa shape index (κ3) is 5.66. The van der Waals surface area contributed by atoms with Crippen molar-refractivity contribution in [3.63, 3.8) is 0 Å². The van der Waals surface area contributed by atoms with Crippen molar-refractivity contribution in [3.05, 3.63) is 52.9 Å². The first-order chi connectivity index (χ1) is 17.6. The van der Waals surface area contributed by atoms with Crippen LogP contribution in [0.4, 0.5) is 10.7 Å². The Hall–Kier alpha value is -3.09. The number of thioether (sulfide) groups is 1. The number of thiophene rings is 1. The number of hydrogen-bond donors (Lipinski definition) is 1. The average Bonchev–Trinajstić information content (AvgIpc) is 3.35. The van der Waals surface area contributed by atoms with E-state index in [-0.39, 0.29) is 11.7 Å². The Bertz CT molecular complexity index is 1250. The number of fused-ring (bicyclic) bond motifs is 1. The second-order valence-corrected chi connectivity index (χ2v) is 10.7. The summed E-state index contributed by atoms with van der Waals surface area (Å²) >= 11 is 2.89. The molecule has 36 heavy (non-hydrogen) atoms.